The van der Waals surface area contributed by atoms with Crippen molar-refractivity contribution < 1.29 is 13.2 Å². The van der Waals surface area contributed by atoms with Gasteiger partial charge in [0, 0.05) is 33.7 Å². The molecule has 2 aromatic carbocycles. The van der Waals surface area contributed by atoms with Crippen LogP contribution in [0.25, 0.3) is 10.8 Å². The molecule has 3 rings (SSSR count). The first kappa shape index (κ1) is 18.8. The Bertz CT molecular complexity index is 896. The van der Waals surface area contributed by atoms with Crippen LogP contribution in [0.3, 0.4) is 0 Å². The molecule has 26 heavy (non-hydrogen) atoms. The first-order valence-corrected chi connectivity index (χ1v) is 10.2. The smallest absolute Gasteiger partial charge is 0.281 e. The molecule has 1 aliphatic rings. The molecule has 0 bridgehead atoms. The molecule has 1 fully saturated rings. The Morgan fingerprint density at radius 3 is 2.65 bits per heavy atom. The van der Waals surface area contributed by atoms with E-state index in [1.54, 1.807) is 0 Å². The summed E-state index contributed by atoms with van der Waals surface area (Å²) in [6, 6.07) is 14.2. The third-order valence-electron chi connectivity index (χ3n) is 4.82. The molecule has 140 valence electrons. The minimum atomic E-state index is -3.47. The molecular weight excluding hydrogens is 350 g/mol. The maximum absolute atomic E-state index is 12.5. The largest absolute Gasteiger partial charge is 0.352 e. The van der Waals surface area contributed by atoms with Gasteiger partial charge in [-0.25, -0.2) is 0 Å². The maximum atomic E-state index is 12.5. The fraction of sp³-hybridized carbons (Fsp3) is 0.421. The van der Waals surface area contributed by atoms with Gasteiger partial charge in [0.25, 0.3) is 10.2 Å². The highest BCUT2D eigenvalue weighted by molar-refractivity contribution is 7.86. The molecule has 0 saturated carbocycles. The molecular formula is C19H25N3O3S. The van der Waals surface area contributed by atoms with Crippen LogP contribution in [0.15, 0.2) is 42.5 Å². The lowest BCUT2D eigenvalue weighted by Crippen LogP contribution is -2.48. The Morgan fingerprint density at radius 1 is 1.19 bits per heavy atom. The van der Waals surface area contributed by atoms with Crippen LogP contribution in [0.5, 0.6) is 0 Å². The van der Waals surface area contributed by atoms with Gasteiger partial charge in [-0.2, -0.15) is 17.0 Å². The first-order valence-electron chi connectivity index (χ1n) is 8.81. The number of piperidine rings is 1. The molecule has 6 nitrogen and oxygen atoms in total. The van der Waals surface area contributed by atoms with Crippen LogP contribution in [-0.4, -0.2) is 50.1 Å². The monoisotopic (exact) mass is 375 g/mol. The van der Waals surface area contributed by atoms with Gasteiger partial charge in [-0.1, -0.05) is 36.4 Å². The topological polar surface area (TPSA) is 69.7 Å². The summed E-state index contributed by atoms with van der Waals surface area (Å²) in [5, 5.41) is 5.27. The zero-order valence-corrected chi connectivity index (χ0v) is 16.0. The van der Waals surface area contributed by atoms with Gasteiger partial charge in [0.15, 0.2) is 0 Å². The van der Waals surface area contributed by atoms with Gasteiger partial charge < -0.3 is 5.32 Å². The predicted octanol–water partition coefficient (Wildman–Crippen LogP) is 1.97. The number of hydrogen-bond acceptors (Lipinski definition) is 3. The molecule has 1 aliphatic heterocycles. The van der Waals surface area contributed by atoms with Crippen LogP contribution in [-0.2, 0) is 21.5 Å². The molecule has 0 aromatic heterocycles. The van der Waals surface area contributed by atoms with Crippen molar-refractivity contribution in [1.29, 1.82) is 0 Å². The zero-order valence-electron chi connectivity index (χ0n) is 15.2. The molecule has 0 aliphatic carbocycles. The molecule has 1 atom stereocenters. The zero-order chi connectivity index (χ0) is 18.7. The number of carbonyl (C=O) groups excluding carboxylic acids is 1. The van der Waals surface area contributed by atoms with Gasteiger partial charge in [0.2, 0.25) is 5.91 Å². The van der Waals surface area contributed by atoms with E-state index in [1.807, 2.05) is 30.3 Å². The average molecular weight is 375 g/mol. The summed E-state index contributed by atoms with van der Waals surface area (Å²) in [7, 11) is -0.446. The number of amides is 1. The molecule has 7 heteroatoms. The average Bonchev–Trinajstić information content (AvgIpc) is 2.66. The lowest BCUT2D eigenvalue weighted by atomic mass is 9.98. The second-order valence-electron chi connectivity index (χ2n) is 6.89. The Morgan fingerprint density at radius 2 is 1.92 bits per heavy atom. The van der Waals surface area contributed by atoms with E-state index in [4.69, 9.17) is 0 Å². The Balaban J connectivity index is 1.62. The van der Waals surface area contributed by atoms with E-state index in [0.29, 0.717) is 25.9 Å². The van der Waals surface area contributed by atoms with Crippen LogP contribution in [0.1, 0.15) is 18.4 Å². The van der Waals surface area contributed by atoms with E-state index in [0.717, 1.165) is 10.9 Å². The highest BCUT2D eigenvalue weighted by Gasteiger charge is 2.33. The Hall–Kier alpha value is -1.96. The van der Waals surface area contributed by atoms with Crippen molar-refractivity contribution in [3.63, 3.8) is 0 Å². The lowest BCUT2D eigenvalue weighted by molar-refractivity contribution is -0.126. The second-order valence-corrected chi connectivity index (χ2v) is 9.03. The molecule has 1 amide bonds. The van der Waals surface area contributed by atoms with Gasteiger partial charge in [0.1, 0.15) is 0 Å². The number of fused-ring (bicyclic) bond motifs is 1. The molecule has 0 unspecified atom stereocenters. The SMILES string of the molecule is CN(C)S(=O)(=O)N1CCC[C@H](C(=O)NCc2ccc3ccccc3c2)C1. The number of nitrogens with zero attached hydrogens (tertiary/aromatic N) is 2. The number of rotatable bonds is 5. The number of carbonyl (C=O) groups is 1. The van der Waals surface area contributed by atoms with Crippen LogP contribution in [0.2, 0.25) is 0 Å². The van der Waals surface area contributed by atoms with Crippen LogP contribution >= 0.6 is 0 Å². The molecule has 1 heterocycles. The Labute approximate surface area is 155 Å². The normalized spacial score (nSPS) is 19.0. The van der Waals surface area contributed by atoms with Crippen molar-refractivity contribution in [2.75, 3.05) is 27.2 Å². The molecule has 0 spiro atoms. The summed E-state index contributed by atoms with van der Waals surface area (Å²) >= 11 is 0. The third kappa shape index (κ3) is 4.06. The minimum absolute atomic E-state index is 0.0863. The Kier molecular flexibility index (Phi) is 5.60. The fourth-order valence-electron chi connectivity index (χ4n) is 3.28. The summed E-state index contributed by atoms with van der Waals surface area (Å²) in [6.45, 7) is 1.15. The van der Waals surface area contributed by atoms with E-state index in [1.165, 1.54) is 28.1 Å². The van der Waals surface area contributed by atoms with E-state index in [2.05, 4.69) is 17.4 Å². The van der Waals surface area contributed by atoms with E-state index < -0.39 is 10.2 Å². The third-order valence-corrected chi connectivity index (χ3v) is 6.73. The number of benzene rings is 2. The molecule has 0 radical (unpaired) electrons. The van der Waals surface area contributed by atoms with Gasteiger partial charge in [-0.05, 0) is 35.2 Å². The van der Waals surface area contributed by atoms with Gasteiger partial charge in [-0.3, -0.25) is 4.79 Å². The maximum Gasteiger partial charge on any atom is 0.281 e. The van der Waals surface area contributed by atoms with E-state index >= 15 is 0 Å². The summed E-state index contributed by atoms with van der Waals surface area (Å²) in [4.78, 5) is 12.5. The number of nitrogens with one attached hydrogen (secondary N) is 1. The highest BCUT2D eigenvalue weighted by Crippen LogP contribution is 2.21. The van der Waals surface area contributed by atoms with Crippen molar-refractivity contribution in [3.05, 3.63) is 48.0 Å². The van der Waals surface area contributed by atoms with Crippen molar-refractivity contribution in [3.8, 4) is 0 Å². The standard InChI is InChI=1S/C19H25N3O3S/c1-21(2)26(24,25)22-11-5-8-18(14-22)19(23)20-13-15-9-10-16-6-3-4-7-17(16)12-15/h3-4,6-7,9-10,12,18H,5,8,11,13-14H2,1-2H3,(H,20,23)/t18-/m0/s1. The van der Waals surface area contributed by atoms with Crippen molar-refractivity contribution in [2.45, 2.75) is 19.4 Å². The lowest BCUT2D eigenvalue weighted by Gasteiger charge is -2.32. The highest BCUT2D eigenvalue weighted by atomic mass is 32.2. The summed E-state index contributed by atoms with van der Waals surface area (Å²) in [5.41, 5.74) is 1.03. The summed E-state index contributed by atoms with van der Waals surface area (Å²) < 4.78 is 27.2. The van der Waals surface area contributed by atoms with Crippen molar-refractivity contribution >= 4 is 26.9 Å². The predicted molar refractivity (Wildman–Crippen MR) is 103 cm³/mol. The van der Waals surface area contributed by atoms with Crippen LogP contribution in [0, 0.1) is 5.92 Å². The van der Waals surface area contributed by atoms with E-state index in [9.17, 15) is 13.2 Å². The van der Waals surface area contributed by atoms with Gasteiger partial charge in [-0.15, -0.1) is 0 Å². The van der Waals surface area contributed by atoms with Gasteiger partial charge in [0.05, 0.1) is 5.92 Å². The van der Waals surface area contributed by atoms with Crippen LogP contribution in [0.4, 0.5) is 0 Å². The van der Waals surface area contributed by atoms with Crippen molar-refractivity contribution in [2.24, 2.45) is 5.92 Å². The first-order chi connectivity index (χ1) is 12.4. The molecule has 1 N–H and O–H groups in total. The van der Waals surface area contributed by atoms with Crippen LogP contribution < -0.4 is 5.32 Å². The summed E-state index contributed by atoms with van der Waals surface area (Å²) in [5.74, 6) is -0.393. The van der Waals surface area contributed by atoms with Gasteiger partial charge >= 0.3 is 0 Å². The molecule has 1 saturated heterocycles. The minimum Gasteiger partial charge on any atom is -0.352 e. The quantitative estimate of drug-likeness (QED) is 0.869. The van der Waals surface area contributed by atoms with E-state index in [-0.39, 0.29) is 18.4 Å². The molecule has 2 aromatic rings. The number of hydrogen-bond donors (Lipinski definition) is 1. The fourth-order valence-corrected chi connectivity index (χ4v) is 4.47. The summed E-state index contributed by atoms with van der Waals surface area (Å²) in [6.07, 6.45) is 1.41. The second kappa shape index (κ2) is 7.73. The van der Waals surface area contributed by atoms with Crippen molar-refractivity contribution in [1.82, 2.24) is 13.9 Å².